The van der Waals surface area contributed by atoms with Crippen molar-refractivity contribution in [1.29, 1.82) is 0 Å². The van der Waals surface area contributed by atoms with Crippen LogP contribution in [0.5, 0.6) is 0 Å². The molecule has 0 saturated carbocycles. The van der Waals surface area contributed by atoms with Crippen molar-refractivity contribution >= 4 is 17.0 Å². The Kier molecular flexibility index (Phi) is 3.31. The number of H-pyrrole nitrogens is 1. The number of hydrogen-bond acceptors (Lipinski definition) is 5. The third-order valence-corrected chi connectivity index (χ3v) is 3.38. The molecule has 2 aromatic heterocycles. The number of nitrogens with one attached hydrogen (secondary N) is 2. The predicted octanol–water partition coefficient (Wildman–Crippen LogP) is 2.16. The standard InChI is InChI=1S/C15H18N6/c1-15(2,16)11-6-4-3-5-10(11)7-17-13-12-14(19-8-18-12)21-9-20-13/h3-6,8-9H,7,16H2,1-2H3,(H2,17,18,19,20,21). The summed E-state index contributed by atoms with van der Waals surface area (Å²) >= 11 is 0. The minimum Gasteiger partial charge on any atom is -0.364 e. The molecule has 0 unspecified atom stereocenters. The maximum absolute atomic E-state index is 6.23. The molecule has 0 amide bonds. The normalized spacial score (nSPS) is 11.8. The van der Waals surface area contributed by atoms with E-state index in [9.17, 15) is 0 Å². The summed E-state index contributed by atoms with van der Waals surface area (Å²) in [7, 11) is 0. The molecule has 0 radical (unpaired) electrons. The van der Waals surface area contributed by atoms with Gasteiger partial charge in [0.15, 0.2) is 11.5 Å². The Morgan fingerprint density at radius 2 is 2.00 bits per heavy atom. The van der Waals surface area contributed by atoms with Crippen molar-refractivity contribution < 1.29 is 0 Å². The first-order valence-corrected chi connectivity index (χ1v) is 6.81. The summed E-state index contributed by atoms with van der Waals surface area (Å²) in [6.07, 6.45) is 3.13. The fourth-order valence-electron chi connectivity index (χ4n) is 2.38. The molecule has 21 heavy (non-hydrogen) atoms. The molecule has 0 aliphatic carbocycles. The summed E-state index contributed by atoms with van der Waals surface area (Å²) in [6, 6.07) is 8.14. The smallest absolute Gasteiger partial charge is 0.162 e. The highest BCUT2D eigenvalue weighted by atomic mass is 15.1. The number of rotatable bonds is 4. The molecule has 0 aliphatic rings. The topological polar surface area (TPSA) is 92.5 Å². The zero-order valence-corrected chi connectivity index (χ0v) is 12.1. The van der Waals surface area contributed by atoms with E-state index in [4.69, 9.17) is 5.73 Å². The average molecular weight is 282 g/mol. The maximum Gasteiger partial charge on any atom is 0.162 e. The monoisotopic (exact) mass is 282 g/mol. The van der Waals surface area contributed by atoms with Crippen LogP contribution in [0.4, 0.5) is 5.82 Å². The first-order chi connectivity index (χ1) is 10.1. The highest BCUT2D eigenvalue weighted by molar-refractivity contribution is 5.81. The molecule has 0 saturated heterocycles. The Balaban J connectivity index is 1.87. The number of nitrogens with two attached hydrogens (primary N) is 1. The van der Waals surface area contributed by atoms with E-state index in [2.05, 4.69) is 37.4 Å². The molecule has 0 aliphatic heterocycles. The van der Waals surface area contributed by atoms with Gasteiger partial charge in [0.2, 0.25) is 0 Å². The lowest BCUT2D eigenvalue weighted by Crippen LogP contribution is -2.30. The van der Waals surface area contributed by atoms with Crippen LogP contribution >= 0.6 is 0 Å². The van der Waals surface area contributed by atoms with Gasteiger partial charge in [-0.25, -0.2) is 15.0 Å². The minimum atomic E-state index is -0.383. The van der Waals surface area contributed by atoms with Crippen molar-refractivity contribution in [3.8, 4) is 0 Å². The van der Waals surface area contributed by atoms with Gasteiger partial charge < -0.3 is 16.0 Å². The van der Waals surface area contributed by atoms with Gasteiger partial charge in [0.05, 0.1) is 6.33 Å². The Bertz CT molecular complexity index is 756. The molecular weight excluding hydrogens is 264 g/mol. The first-order valence-electron chi connectivity index (χ1n) is 6.81. The van der Waals surface area contributed by atoms with E-state index < -0.39 is 0 Å². The van der Waals surface area contributed by atoms with Gasteiger partial charge in [-0.3, -0.25) is 0 Å². The van der Waals surface area contributed by atoms with Gasteiger partial charge in [-0.1, -0.05) is 24.3 Å². The summed E-state index contributed by atoms with van der Waals surface area (Å²) < 4.78 is 0. The molecule has 3 aromatic rings. The Hall–Kier alpha value is -2.47. The predicted molar refractivity (Wildman–Crippen MR) is 82.7 cm³/mol. The quantitative estimate of drug-likeness (QED) is 0.682. The van der Waals surface area contributed by atoms with Crippen LogP contribution in [0, 0.1) is 0 Å². The van der Waals surface area contributed by atoms with Crippen LogP contribution in [0.25, 0.3) is 11.2 Å². The van der Waals surface area contributed by atoms with Gasteiger partial charge in [-0.05, 0) is 25.0 Å². The van der Waals surface area contributed by atoms with Crippen molar-refractivity contribution in [3.05, 3.63) is 48.0 Å². The fourth-order valence-corrected chi connectivity index (χ4v) is 2.38. The summed E-state index contributed by atoms with van der Waals surface area (Å²) in [5, 5.41) is 3.31. The van der Waals surface area contributed by atoms with E-state index in [0.29, 0.717) is 12.4 Å². The summed E-state index contributed by atoms with van der Waals surface area (Å²) in [5.41, 5.74) is 9.57. The molecule has 0 atom stereocenters. The van der Waals surface area contributed by atoms with Crippen molar-refractivity contribution in [3.63, 3.8) is 0 Å². The number of benzene rings is 1. The van der Waals surface area contributed by atoms with Gasteiger partial charge in [0, 0.05) is 12.1 Å². The van der Waals surface area contributed by atoms with E-state index in [1.165, 1.54) is 6.33 Å². The SMILES string of the molecule is CC(C)(N)c1ccccc1CNc1ncnc2[nH]cnc12. The van der Waals surface area contributed by atoms with Crippen LogP contribution in [0.3, 0.4) is 0 Å². The van der Waals surface area contributed by atoms with Crippen LogP contribution in [0.1, 0.15) is 25.0 Å². The van der Waals surface area contributed by atoms with Gasteiger partial charge in [0.1, 0.15) is 11.8 Å². The zero-order valence-electron chi connectivity index (χ0n) is 12.1. The van der Waals surface area contributed by atoms with Gasteiger partial charge in [-0.15, -0.1) is 0 Å². The lowest BCUT2D eigenvalue weighted by atomic mass is 9.91. The number of nitrogens with zero attached hydrogens (tertiary/aromatic N) is 3. The van der Waals surface area contributed by atoms with E-state index in [0.717, 1.165) is 22.3 Å². The van der Waals surface area contributed by atoms with E-state index >= 15 is 0 Å². The third kappa shape index (κ3) is 2.71. The summed E-state index contributed by atoms with van der Waals surface area (Å²) in [5.74, 6) is 0.714. The molecule has 1 aromatic carbocycles. The fraction of sp³-hybridized carbons (Fsp3) is 0.267. The number of anilines is 1. The Labute approximate surface area is 122 Å². The third-order valence-electron chi connectivity index (χ3n) is 3.38. The van der Waals surface area contributed by atoms with Crippen LogP contribution < -0.4 is 11.1 Å². The van der Waals surface area contributed by atoms with Crippen LogP contribution in [-0.4, -0.2) is 19.9 Å². The van der Waals surface area contributed by atoms with Crippen LogP contribution in [-0.2, 0) is 12.1 Å². The largest absolute Gasteiger partial charge is 0.364 e. The van der Waals surface area contributed by atoms with Crippen molar-refractivity contribution in [2.24, 2.45) is 5.73 Å². The molecule has 3 rings (SSSR count). The van der Waals surface area contributed by atoms with Crippen molar-refractivity contribution in [1.82, 2.24) is 19.9 Å². The zero-order chi connectivity index (χ0) is 14.9. The first kappa shape index (κ1) is 13.5. The summed E-state index contributed by atoms with van der Waals surface area (Å²) in [4.78, 5) is 15.6. The number of imidazole rings is 1. The number of hydrogen-bond donors (Lipinski definition) is 3. The second kappa shape index (κ2) is 5.14. The van der Waals surface area contributed by atoms with Gasteiger partial charge >= 0.3 is 0 Å². The molecule has 2 heterocycles. The Morgan fingerprint density at radius 1 is 1.19 bits per heavy atom. The van der Waals surface area contributed by atoms with E-state index in [-0.39, 0.29) is 5.54 Å². The minimum absolute atomic E-state index is 0.383. The van der Waals surface area contributed by atoms with Crippen LogP contribution in [0.15, 0.2) is 36.9 Å². The molecule has 0 spiro atoms. The lowest BCUT2D eigenvalue weighted by Gasteiger charge is -2.23. The van der Waals surface area contributed by atoms with E-state index in [1.807, 2.05) is 26.0 Å². The molecule has 108 valence electrons. The average Bonchev–Trinajstić information content (AvgIpc) is 2.93. The highest BCUT2D eigenvalue weighted by Crippen LogP contribution is 2.23. The van der Waals surface area contributed by atoms with Gasteiger partial charge in [0.25, 0.3) is 0 Å². The second-order valence-corrected chi connectivity index (χ2v) is 5.55. The van der Waals surface area contributed by atoms with E-state index in [1.54, 1.807) is 6.33 Å². The second-order valence-electron chi connectivity index (χ2n) is 5.55. The Morgan fingerprint density at radius 3 is 2.81 bits per heavy atom. The van der Waals surface area contributed by atoms with Crippen molar-refractivity contribution in [2.45, 2.75) is 25.9 Å². The van der Waals surface area contributed by atoms with Crippen molar-refractivity contribution in [2.75, 3.05) is 5.32 Å². The van der Waals surface area contributed by atoms with Crippen LogP contribution in [0.2, 0.25) is 0 Å². The highest BCUT2D eigenvalue weighted by Gasteiger charge is 2.17. The van der Waals surface area contributed by atoms with Gasteiger partial charge in [-0.2, -0.15) is 0 Å². The maximum atomic E-state index is 6.23. The molecule has 4 N–H and O–H groups in total. The number of aromatic amines is 1. The molecule has 0 bridgehead atoms. The summed E-state index contributed by atoms with van der Waals surface area (Å²) in [6.45, 7) is 4.64. The molecular formula is C15H18N6. The molecule has 6 nitrogen and oxygen atoms in total. The number of fused-ring (bicyclic) bond motifs is 1. The molecule has 0 fully saturated rings. The number of aromatic nitrogens is 4. The lowest BCUT2D eigenvalue weighted by molar-refractivity contribution is 0.549. The molecule has 6 heteroatoms.